The number of likely N-dealkylation sites (tertiary alicyclic amines) is 1. The minimum Gasteiger partial charge on any atom is -0.395 e. The summed E-state index contributed by atoms with van der Waals surface area (Å²) in [6.07, 6.45) is 4.06. The van der Waals surface area contributed by atoms with Gasteiger partial charge in [-0.3, -0.25) is 14.5 Å². The van der Waals surface area contributed by atoms with Crippen molar-refractivity contribution < 1.29 is 14.7 Å². The maximum atomic E-state index is 12.0. The number of carbonyl (C=O) groups excluding carboxylic acids is 2. The average Bonchev–Trinajstić information content (AvgIpc) is 3.06. The Balaban J connectivity index is 1.73. The van der Waals surface area contributed by atoms with Crippen LogP contribution in [0.15, 0.2) is 0 Å². The lowest BCUT2D eigenvalue weighted by Crippen LogP contribution is -2.45. The van der Waals surface area contributed by atoms with Gasteiger partial charge in [-0.05, 0) is 32.2 Å². The van der Waals surface area contributed by atoms with Gasteiger partial charge in [-0.2, -0.15) is 0 Å². The van der Waals surface area contributed by atoms with Gasteiger partial charge in [0.2, 0.25) is 11.8 Å². The topological polar surface area (TPSA) is 72.9 Å². The Kier molecular flexibility index (Phi) is 4.76. The number of hydrogen-bond acceptors (Lipinski definition) is 4. The summed E-state index contributed by atoms with van der Waals surface area (Å²) in [6.45, 7) is 1.35. The molecular weight excluding hydrogens is 246 g/mol. The van der Waals surface area contributed by atoms with Crippen LogP contribution in [0.1, 0.15) is 25.7 Å². The predicted molar refractivity (Wildman–Crippen MR) is 70.5 cm³/mol. The number of carbonyl (C=O) groups is 2. The highest BCUT2D eigenvalue weighted by atomic mass is 16.3. The van der Waals surface area contributed by atoms with Crippen LogP contribution in [0.25, 0.3) is 0 Å². The highest BCUT2D eigenvalue weighted by molar-refractivity contribution is 5.85. The van der Waals surface area contributed by atoms with E-state index in [1.54, 1.807) is 7.05 Å². The maximum absolute atomic E-state index is 12.0. The summed E-state index contributed by atoms with van der Waals surface area (Å²) >= 11 is 0. The fourth-order valence-corrected chi connectivity index (χ4v) is 2.41. The number of nitrogens with zero attached hydrogens (tertiary/aromatic N) is 2. The van der Waals surface area contributed by atoms with E-state index in [0.717, 1.165) is 32.2 Å². The Hall–Kier alpha value is -1.14. The molecule has 108 valence electrons. The lowest BCUT2D eigenvalue weighted by atomic mass is 10.2. The number of hydrogen-bond donors (Lipinski definition) is 2. The van der Waals surface area contributed by atoms with Crippen molar-refractivity contribution in [1.29, 1.82) is 0 Å². The Morgan fingerprint density at radius 1 is 1.37 bits per heavy atom. The van der Waals surface area contributed by atoms with Crippen LogP contribution >= 0.6 is 0 Å². The molecule has 1 saturated carbocycles. The van der Waals surface area contributed by atoms with Gasteiger partial charge in [0.1, 0.15) is 0 Å². The van der Waals surface area contributed by atoms with Crippen molar-refractivity contribution in [2.45, 2.75) is 37.8 Å². The molecule has 2 rings (SSSR count). The molecule has 6 nitrogen and oxygen atoms in total. The van der Waals surface area contributed by atoms with E-state index in [1.807, 2.05) is 4.90 Å². The molecule has 1 saturated heterocycles. The molecular formula is C13H23N3O3. The van der Waals surface area contributed by atoms with Crippen LogP contribution < -0.4 is 5.32 Å². The summed E-state index contributed by atoms with van der Waals surface area (Å²) in [6, 6.07) is 0.422. The summed E-state index contributed by atoms with van der Waals surface area (Å²) < 4.78 is 0. The molecule has 0 spiro atoms. The van der Waals surface area contributed by atoms with Crippen LogP contribution in [-0.2, 0) is 9.59 Å². The Morgan fingerprint density at radius 2 is 2.11 bits per heavy atom. The second-order valence-electron chi connectivity index (χ2n) is 5.54. The number of aliphatic hydroxyl groups excluding tert-OH is 1. The molecule has 0 aromatic rings. The van der Waals surface area contributed by atoms with E-state index in [0.29, 0.717) is 12.6 Å². The highest BCUT2D eigenvalue weighted by Gasteiger charge is 2.28. The quantitative estimate of drug-likeness (QED) is 0.661. The lowest BCUT2D eigenvalue weighted by molar-refractivity contribution is -0.135. The third kappa shape index (κ3) is 4.18. The highest BCUT2D eigenvalue weighted by Crippen LogP contribution is 2.18. The zero-order valence-electron chi connectivity index (χ0n) is 11.5. The van der Waals surface area contributed by atoms with Crippen molar-refractivity contribution in [2.24, 2.45) is 0 Å². The summed E-state index contributed by atoms with van der Waals surface area (Å²) in [4.78, 5) is 27.1. The SMILES string of the molecule is CN(CC(=O)NC1CC1)C(=O)CN1CCC[C@H]1CO. The number of likely N-dealkylation sites (N-methyl/N-ethyl adjacent to an activating group) is 1. The number of nitrogens with one attached hydrogen (secondary N) is 1. The fraction of sp³-hybridized carbons (Fsp3) is 0.846. The molecule has 1 heterocycles. The van der Waals surface area contributed by atoms with E-state index >= 15 is 0 Å². The molecule has 6 heteroatoms. The van der Waals surface area contributed by atoms with Crippen LogP contribution in [0.5, 0.6) is 0 Å². The van der Waals surface area contributed by atoms with Crippen molar-refractivity contribution in [2.75, 3.05) is 33.3 Å². The number of aliphatic hydroxyl groups is 1. The van der Waals surface area contributed by atoms with Crippen molar-refractivity contribution in [3.63, 3.8) is 0 Å². The van der Waals surface area contributed by atoms with Gasteiger partial charge in [0.25, 0.3) is 0 Å². The second kappa shape index (κ2) is 6.34. The second-order valence-corrected chi connectivity index (χ2v) is 5.54. The van der Waals surface area contributed by atoms with Crippen LogP contribution in [0.3, 0.4) is 0 Å². The van der Waals surface area contributed by atoms with Gasteiger partial charge in [-0.25, -0.2) is 0 Å². The molecule has 19 heavy (non-hydrogen) atoms. The summed E-state index contributed by atoms with van der Waals surface area (Å²) in [7, 11) is 1.65. The minimum absolute atomic E-state index is 0.0636. The fourth-order valence-electron chi connectivity index (χ4n) is 2.41. The van der Waals surface area contributed by atoms with Gasteiger partial charge in [-0.15, -0.1) is 0 Å². The van der Waals surface area contributed by atoms with E-state index in [1.165, 1.54) is 4.90 Å². The van der Waals surface area contributed by atoms with Crippen LogP contribution in [-0.4, -0.2) is 72.1 Å². The Labute approximate surface area is 113 Å². The zero-order valence-corrected chi connectivity index (χ0v) is 11.5. The Bertz CT molecular complexity index is 344. The van der Waals surface area contributed by atoms with Crippen molar-refractivity contribution in [3.8, 4) is 0 Å². The largest absolute Gasteiger partial charge is 0.395 e. The molecule has 0 unspecified atom stereocenters. The van der Waals surface area contributed by atoms with E-state index in [9.17, 15) is 14.7 Å². The smallest absolute Gasteiger partial charge is 0.239 e. The first-order valence-corrected chi connectivity index (χ1v) is 6.98. The zero-order chi connectivity index (χ0) is 13.8. The summed E-state index contributed by atoms with van der Waals surface area (Å²) in [5.41, 5.74) is 0. The van der Waals surface area contributed by atoms with Crippen molar-refractivity contribution >= 4 is 11.8 Å². The summed E-state index contributed by atoms with van der Waals surface area (Å²) in [5.74, 6) is -0.148. The van der Waals surface area contributed by atoms with Crippen LogP contribution in [0.2, 0.25) is 0 Å². The van der Waals surface area contributed by atoms with E-state index in [2.05, 4.69) is 5.32 Å². The average molecular weight is 269 g/mol. The normalized spacial score (nSPS) is 23.4. The van der Waals surface area contributed by atoms with Gasteiger partial charge in [0.05, 0.1) is 19.7 Å². The summed E-state index contributed by atoms with van der Waals surface area (Å²) in [5, 5.41) is 12.1. The molecule has 2 fully saturated rings. The third-order valence-electron chi connectivity index (χ3n) is 3.80. The monoisotopic (exact) mass is 269 g/mol. The molecule has 2 N–H and O–H groups in total. The van der Waals surface area contributed by atoms with Gasteiger partial charge in [-0.1, -0.05) is 0 Å². The van der Waals surface area contributed by atoms with Gasteiger partial charge in [0, 0.05) is 19.1 Å². The predicted octanol–water partition coefficient (Wildman–Crippen LogP) is -0.820. The van der Waals surface area contributed by atoms with Gasteiger partial charge in [0.15, 0.2) is 0 Å². The first-order chi connectivity index (χ1) is 9.10. The lowest BCUT2D eigenvalue weighted by Gasteiger charge is -2.25. The van der Waals surface area contributed by atoms with E-state index < -0.39 is 0 Å². The Morgan fingerprint density at radius 3 is 2.74 bits per heavy atom. The maximum Gasteiger partial charge on any atom is 0.239 e. The molecule has 2 amide bonds. The molecule has 0 radical (unpaired) electrons. The minimum atomic E-state index is -0.0847. The van der Waals surface area contributed by atoms with E-state index in [4.69, 9.17) is 0 Å². The molecule has 1 aliphatic heterocycles. The molecule has 0 aromatic carbocycles. The molecule has 1 aliphatic carbocycles. The van der Waals surface area contributed by atoms with Crippen molar-refractivity contribution in [3.05, 3.63) is 0 Å². The molecule has 2 aliphatic rings. The van der Waals surface area contributed by atoms with Crippen LogP contribution in [0, 0.1) is 0 Å². The van der Waals surface area contributed by atoms with Crippen LogP contribution in [0.4, 0.5) is 0 Å². The number of amides is 2. The van der Waals surface area contributed by atoms with Gasteiger partial charge < -0.3 is 15.3 Å². The van der Waals surface area contributed by atoms with E-state index in [-0.39, 0.29) is 31.0 Å². The van der Waals surface area contributed by atoms with Gasteiger partial charge >= 0.3 is 0 Å². The first kappa shape index (κ1) is 14.3. The number of rotatable bonds is 6. The standard InChI is InChI=1S/C13H23N3O3/c1-15(7-12(18)14-10-4-5-10)13(19)8-16-6-2-3-11(16)9-17/h10-11,17H,2-9H2,1H3,(H,14,18)/t11-/m0/s1. The molecule has 0 aromatic heterocycles. The molecule has 0 bridgehead atoms. The third-order valence-corrected chi connectivity index (χ3v) is 3.80. The van der Waals surface area contributed by atoms with Crippen molar-refractivity contribution in [1.82, 2.24) is 15.1 Å². The molecule has 1 atom stereocenters. The first-order valence-electron chi connectivity index (χ1n) is 6.98.